The molecule has 36 heavy (non-hydrogen) atoms. The zero-order valence-corrected chi connectivity index (χ0v) is 20.9. The number of amides is 2. The Balaban J connectivity index is 1.48. The summed E-state index contributed by atoms with van der Waals surface area (Å²) >= 11 is 0. The Labute approximate surface area is 210 Å². The van der Waals surface area contributed by atoms with Gasteiger partial charge in [-0.15, -0.1) is 0 Å². The fourth-order valence-corrected chi connectivity index (χ4v) is 3.98. The maximum absolute atomic E-state index is 12.0. The van der Waals surface area contributed by atoms with Crippen LogP contribution in [0.25, 0.3) is 0 Å². The number of alkyl carbamates (subject to hydrolysis) is 2. The molecule has 0 heterocycles. The number of nitro groups is 1. The number of nitrogens with zero attached hydrogens (tertiary/aromatic N) is 1. The van der Waals surface area contributed by atoms with Crippen LogP contribution in [-0.2, 0) is 22.6 Å². The largest absolute Gasteiger partial charge is 0.445 e. The molecule has 3 N–H and O–H groups in total. The summed E-state index contributed by atoms with van der Waals surface area (Å²) in [5.74, 6) is 0. The molecule has 0 radical (unpaired) electrons. The van der Waals surface area contributed by atoms with Gasteiger partial charge in [-0.05, 0) is 63.6 Å². The van der Waals surface area contributed by atoms with Crippen molar-refractivity contribution in [3.05, 3.63) is 69.8 Å². The number of nitro benzene ring substituents is 1. The third kappa shape index (κ3) is 8.75. The van der Waals surface area contributed by atoms with Crippen LogP contribution in [0.2, 0.25) is 0 Å². The number of nitrogens with one attached hydrogen (secondary N) is 3. The molecular formula is C26H34N4O6. The first-order chi connectivity index (χ1) is 17.1. The lowest BCUT2D eigenvalue weighted by molar-refractivity contribution is -0.384. The highest BCUT2D eigenvalue weighted by molar-refractivity contribution is 5.68. The molecule has 2 amide bonds. The molecule has 0 spiro atoms. The summed E-state index contributed by atoms with van der Waals surface area (Å²) < 4.78 is 10.5. The lowest BCUT2D eigenvalue weighted by Crippen LogP contribution is -2.42. The average Bonchev–Trinajstić information content (AvgIpc) is 2.82. The summed E-state index contributed by atoms with van der Waals surface area (Å²) in [5.41, 5.74) is 1.29. The average molecular weight is 499 g/mol. The van der Waals surface area contributed by atoms with Crippen LogP contribution in [0.4, 0.5) is 21.0 Å². The molecule has 0 bridgehead atoms. The third-order valence-corrected chi connectivity index (χ3v) is 5.72. The van der Waals surface area contributed by atoms with Crippen molar-refractivity contribution in [3.63, 3.8) is 0 Å². The normalized spacial score (nSPS) is 17.5. The van der Waals surface area contributed by atoms with Crippen LogP contribution in [-0.4, -0.2) is 34.8 Å². The van der Waals surface area contributed by atoms with Crippen molar-refractivity contribution in [2.24, 2.45) is 0 Å². The maximum Gasteiger partial charge on any atom is 0.407 e. The molecule has 2 aromatic carbocycles. The molecule has 0 aliphatic heterocycles. The lowest BCUT2D eigenvalue weighted by Gasteiger charge is -2.31. The molecule has 0 aromatic heterocycles. The SMILES string of the molecule is CC(C)(C)OC(=O)N[C@H]1CC[C@@H](Nc2ccc(CNC(=O)OCc3ccccc3)cc2[N+](=O)[O-])CC1. The molecule has 10 nitrogen and oxygen atoms in total. The minimum Gasteiger partial charge on any atom is -0.445 e. The van der Waals surface area contributed by atoms with Gasteiger partial charge in [0.05, 0.1) is 4.92 Å². The molecule has 1 aliphatic carbocycles. The Hall–Kier alpha value is -3.82. The second kappa shape index (κ2) is 12.2. The minimum absolute atomic E-state index is 0.0167. The van der Waals surface area contributed by atoms with Gasteiger partial charge >= 0.3 is 12.2 Å². The molecule has 194 valence electrons. The van der Waals surface area contributed by atoms with Crippen LogP contribution in [0.5, 0.6) is 0 Å². The first-order valence-corrected chi connectivity index (χ1v) is 12.1. The molecule has 0 unspecified atom stereocenters. The van der Waals surface area contributed by atoms with Gasteiger partial charge in [0.2, 0.25) is 0 Å². The van der Waals surface area contributed by atoms with Crippen LogP contribution >= 0.6 is 0 Å². The van der Waals surface area contributed by atoms with Crippen molar-refractivity contribution in [1.29, 1.82) is 0 Å². The predicted octanol–water partition coefficient (Wildman–Crippen LogP) is 5.27. The van der Waals surface area contributed by atoms with Crippen LogP contribution in [0.3, 0.4) is 0 Å². The quantitative estimate of drug-likeness (QED) is 0.334. The summed E-state index contributed by atoms with van der Waals surface area (Å²) in [5, 5.41) is 20.5. The fourth-order valence-electron chi connectivity index (χ4n) is 3.98. The van der Waals surface area contributed by atoms with E-state index in [1.54, 1.807) is 12.1 Å². The Morgan fingerprint density at radius 2 is 1.64 bits per heavy atom. The highest BCUT2D eigenvalue weighted by Gasteiger charge is 2.26. The van der Waals surface area contributed by atoms with Gasteiger partial charge in [-0.2, -0.15) is 0 Å². The van der Waals surface area contributed by atoms with Crippen molar-refractivity contribution in [2.45, 2.75) is 77.3 Å². The lowest BCUT2D eigenvalue weighted by atomic mass is 9.91. The second-order valence-electron chi connectivity index (χ2n) is 9.86. The Bertz CT molecular complexity index is 1050. The van der Waals surface area contributed by atoms with Crippen molar-refractivity contribution < 1.29 is 24.0 Å². The number of ether oxygens (including phenoxy) is 2. The maximum atomic E-state index is 12.0. The highest BCUT2D eigenvalue weighted by Crippen LogP contribution is 2.29. The fraction of sp³-hybridized carbons (Fsp3) is 0.462. The first-order valence-electron chi connectivity index (χ1n) is 12.1. The van der Waals surface area contributed by atoms with Gasteiger partial charge < -0.3 is 25.4 Å². The number of benzene rings is 2. The van der Waals surface area contributed by atoms with Gasteiger partial charge in [0, 0.05) is 24.7 Å². The molecule has 0 saturated heterocycles. The summed E-state index contributed by atoms with van der Waals surface area (Å²) in [6.45, 7) is 5.71. The van der Waals surface area contributed by atoms with Crippen molar-refractivity contribution in [2.75, 3.05) is 5.32 Å². The van der Waals surface area contributed by atoms with Gasteiger partial charge in [0.25, 0.3) is 5.69 Å². The molecule has 10 heteroatoms. The van der Waals surface area contributed by atoms with Crippen LogP contribution in [0, 0.1) is 10.1 Å². The van der Waals surface area contributed by atoms with E-state index >= 15 is 0 Å². The zero-order chi connectivity index (χ0) is 26.1. The van der Waals surface area contributed by atoms with E-state index in [2.05, 4.69) is 16.0 Å². The number of hydrogen-bond donors (Lipinski definition) is 3. The van der Waals surface area contributed by atoms with Gasteiger partial charge in [0.1, 0.15) is 17.9 Å². The third-order valence-electron chi connectivity index (χ3n) is 5.72. The van der Waals surface area contributed by atoms with Crippen molar-refractivity contribution >= 4 is 23.6 Å². The predicted molar refractivity (Wildman–Crippen MR) is 136 cm³/mol. The second-order valence-corrected chi connectivity index (χ2v) is 9.86. The number of hydrogen-bond acceptors (Lipinski definition) is 7. The monoisotopic (exact) mass is 498 g/mol. The summed E-state index contributed by atoms with van der Waals surface area (Å²) in [6, 6.07) is 14.2. The standard InChI is InChI=1S/C26H34N4O6/c1-26(2,3)36-25(32)29-21-12-10-20(11-13-21)28-22-14-9-19(15-23(22)30(33)34)16-27-24(31)35-17-18-7-5-4-6-8-18/h4-9,14-15,20-21,28H,10-13,16-17H2,1-3H3,(H,27,31)(H,29,32)/t20-,21+. The molecule has 0 atom stereocenters. The molecule has 1 saturated carbocycles. The van der Waals surface area contributed by atoms with E-state index in [1.807, 2.05) is 51.1 Å². The topological polar surface area (TPSA) is 132 Å². The summed E-state index contributed by atoms with van der Waals surface area (Å²) in [7, 11) is 0. The summed E-state index contributed by atoms with van der Waals surface area (Å²) in [6.07, 6.45) is 1.99. The molecular weight excluding hydrogens is 464 g/mol. The molecule has 1 fully saturated rings. The highest BCUT2D eigenvalue weighted by atomic mass is 16.6. The molecule has 3 rings (SSSR count). The van der Waals surface area contributed by atoms with E-state index in [0.717, 1.165) is 31.2 Å². The number of carbonyl (C=O) groups excluding carboxylic acids is 2. The van der Waals surface area contributed by atoms with E-state index in [4.69, 9.17) is 9.47 Å². The molecule has 1 aliphatic rings. The van der Waals surface area contributed by atoms with Crippen LogP contribution in [0.15, 0.2) is 48.5 Å². The van der Waals surface area contributed by atoms with Crippen molar-refractivity contribution in [3.8, 4) is 0 Å². The number of rotatable bonds is 8. The Morgan fingerprint density at radius 3 is 2.28 bits per heavy atom. The number of anilines is 1. The van der Waals surface area contributed by atoms with Gasteiger partial charge in [-0.25, -0.2) is 9.59 Å². The molecule has 2 aromatic rings. The smallest absolute Gasteiger partial charge is 0.407 e. The first kappa shape index (κ1) is 26.8. The van der Waals surface area contributed by atoms with E-state index in [0.29, 0.717) is 11.3 Å². The Kier molecular flexibility index (Phi) is 9.10. The van der Waals surface area contributed by atoms with Crippen LogP contribution in [0.1, 0.15) is 57.6 Å². The Morgan fingerprint density at radius 1 is 0.972 bits per heavy atom. The van der Waals surface area contributed by atoms with E-state index < -0.39 is 22.7 Å². The zero-order valence-electron chi connectivity index (χ0n) is 20.9. The van der Waals surface area contributed by atoms with Gasteiger partial charge in [0.15, 0.2) is 0 Å². The van der Waals surface area contributed by atoms with E-state index in [-0.39, 0.29) is 30.9 Å². The minimum atomic E-state index is -0.597. The summed E-state index contributed by atoms with van der Waals surface area (Å²) in [4.78, 5) is 35.2. The van der Waals surface area contributed by atoms with E-state index in [9.17, 15) is 19.7 Å². The van der Waals surface area contributed by atoms with E-state index in [1.165, 1.54) is 6.07 Å². The van der Waals surface area contributed by atoms with Crippen LogP contribution < -0.4 is 16.0 Å². The van der Waals surface area contributed by atoms with Gasteiger partial charge in [-0.1, -0.05) is 36.4 Å². The van der Waals surface area contributed by atoms with Gasteiger partial charge in [-0.3, -0.25) is 10.1 Å². The number of carbonyl (C=O) groups is 2. The van der Waals surface area contributed by atoms with Crippen molar-refractivity contribution in [1.82, 2.24) is 10.6 Å².